The lowest BCUT2D eigenvalue weighted by Gasteiger charge is -2.35. The van der Waals surface area contributed by atoms with E-state index < -0.39 is 0 Å². The third-order valence-electron chi connectivity index (χ3n) is 3.42. The Kier molecular flexibility index (Phi) is 4.19. The van der Waals surface area contributed by atoms with Crippen LogP contribution in [0.3, 0.4) is 0 Å². The highest BCUT2D eigenvalue weighted by atomic mass is 79.9. The first kappa shape index (κ1) is 14.1. The Morgan fingerprint density at radius 3 is 2.48 bits per heavy atom. The lowest BCUT2D eigenvalue weighted by atomic mass is 10.3. The van der Waals surface area contributed by atoms with E-state index in [1.807, 2.05) is 18.3 Å². The van der Waals surface area contributed by atoms with E-state index in [0.29, 0.717) is 5.88 Å². The van der Waals surface area contributed by atoms with Gasteiger partial charge in [-0.1, -0.05) is 0 Å². The Bertz CT molecular complexity index is 599. The fraction of sp³-hybridized carbons (Fsp3) is 0.357. The third-order valence-corrected chi connectivity index (χ3v) is 3.89. The largest absolute Gasteiger partial charge is 0.481 e. The van der Waals surface area contributed by atoms with Crippen molar-refractivity contribution in [2.45, 2.75) is 0 Å². The normalized spacial score (nSPS) is 15.1. The van der Waals surface area contributed by atoms with Crippen LogP contribution in [-0.2, 0) is 0 Å². The van der Waals surface area contributed by atoms with E-state index >= 15 is 0 Å². The molecule has 0 amide bonds. The van der Waals surface area contributed by atoms with E-state index in [2.05, 4.69) is 40.7 Å². The highest BCUT2D eigenvalue weighted by molar-refractivity contribution is 9.10. The van der Waals surface area contributed by atoms with Gasteiger partial charge in [-0.2, -0.15) is 4.98 Å². The van der Waals surface area contributed by atoms with E-state index in [4.69, 9.17) is 4.74 Å². The van der Waals surface area contributed by atoms with Gasteiger partial charge in [-0.3, -0.25) is 0 Å². The number of hydrogen-bond donors (Lipinski definition) is 0. The van der Waals surface area contributed by atoms with Crippen molar-refractivity contribution in [3.05, 3.63) is 35.1 Å². The molecule has 0 aliphatic carbocycles. The van der Waals surface area contributed by atoms with Gasteiger partial charge in [-0.25, -0.2) is 9.97 Å². The minimum Gasteiger partial charge on any atom is -0.481 e. The second-order valence-corrected chi connectivity index (χ2v) is 5.62. The number of methoxy groups -OCH3 is 1. The first-order chi connectivity index (χ1) is 10.3. The summed E-state index contributed by atoms with van der Waals surface area (Å²) >= 11 is 3.41. The summed E-state index contributed by atoms with van der Waals surface area (Å²) in [4.78, 5) is 17.6. The van der Waals surface area contributed by atoms with Crippen LogP contribution in [0.4, 0.5) is 11.8 Å². The topological polar surface area (TPSA) is 54.4 Å². The van der Waals surface area contributed by atoms with Crippen LogP contribution in [0.5, 0.6) is 5.88 Å². The molecule has 0 radical (unpaired) electrons. The van der Waals surface area contributed by atoms with Gasteiger partial charge in [0.2, 0.25) is 11.8 Å². The molecule has 0 saturated carbocycles. The minimum atomic E-state index is 0.594. The minimum absolute atomic E-state index is 0.594. The van der Waals surface area contributed by atoms with Gasteiger partial charge >= 0.3 is 0 Å². The van der Waals surface area contributed by atoms with Crippen molar-refractivity contribution in [1.82, 2.24) is 15.0 Å². The van der Waals surface area contributed by atoms with Gasteiger partial charge in [-0.05, 0) is 28.1 Å². The van der Waals surface area contributed by atoms with Crippen LogP contribution in [0.1, 0.15) is 0 Å². The molecule has 0 N–H and O–H groups in total. The second kappa shape index (κ2) is 6.26. The third kappa shape index (κ3) is 3.24. The highest BCUT2D eigenvalue weighted by Crippen LogP contribution is 2.19. The van der Waals surface area contributed by atoms with Crippen LogP contribution >= 0.6 is 15.9 Å². The molecule has 3 heterocycles. The van der Waals surface area contributed by atoms with Crippen molar-refractivity contribution < 1.29 is 4.74 Å². The van der Waals surface area contributed by atoms with E-state index in [1.54, 1.807) is 19.4 Å². The molecule has 1 aliphatic heterocycles. The molecular weight excluding hydrogens is 334 g/mol. The summed E-state index contributed by atoms with van der Waals surface area (Å²) in [6, 6.07) is 5.80. The SMILES string of the molecule is COc1ccnc(N2CCN(c3ccc(Br)cn3)CC2)n1. The molecule has 1 fully saturated rings. The molecule has 2 aromatic rings. The molecule has 0 bridgehead atoms. The summed E-state index contributed by atoms with van der Waals surface area (Å²) < 4.78 is 6.14. The van der Waals surface area contributed by atoms with E-state index in [0.717, 1.165) is 42.4 Å². The Labute approximate surface area is 131 Å². The Hall–Kier alpha value is -1.89. The average molecular weight is 350 g/mol. The molecule has 6 nitrogen and oxygen atoms in total. The Balaban J connectivity index is 1.65. The number of aromatic nitrogens is 3. The number of nitrogens with zero attached hydrogens (tertiary/aromatic N) is 5. The highest BCUT2D eigenvalue weighted by Gasteiger charge is 2.20. The molecule has 21 heavy (non-hydrogen) atoms. The number of piperazine rings is 1. The summed E-state index contributed by atoms with van der Waals surface area (Å²) in [6.07, 6.45) is 3.55. The zero-order valence-electron chi connectivity index (χ0n) is 11.7. The van der Waals surface area contributed by atoms with Crippen LogP contribution in [0.2, 0.25) is 0 Å². The second-order valence-electron chi connectivity index (χ2n) is 4.71. The molecule has 0 unspecified atom stereocenters. The number of rotatable bonds is 3. The summed E-state index contributed by atoms with van der Waals surface area (Å²) in [6.45, 7) is 3.53. The molecule has 0 aromatic carbocycles. The van der Waals surface area contributed by atoms with E-state index in [1.165, 1.54) is 0 Å². The summed E-state index contributed by atoms with van der Waals surface area (Å²) in [5.74, 6) is 2.32. The maximum atomic E-state index is 5.14. The quantitative estimate of drug-likeness (QED) is 0.844. The first-order valence-corrected chi connectivity index (χ1v) is 7.54. The fourth-order valence-corrected chi connectivity index (χ4v) is 2.52. The molecule has 3 rings (SSSR count). The maximum Gasteiger partial charge on any atom is 0.228 e. The van der Waals surface area contributed by atoms with Crippen LogP contribution in [0.25, 0.3) is 0 Å². The lowest BCUT2D eigenvalue weighted by molar-refractivity contribution is 0.396. The molecule has 1 aliphatic rings. The lowest BCUT2D eigenvalue weighted by Crippen LogP contribution is -2.47. The smallest absolute Gasteiger partial charge is 0.228 e. The summed E-state index contributed by atoms with van der Waals surface area (Å²) in [5, 5.41) is 0. The van der Waals surface area contributed by atoms with Crippen molar-refractivity contribution >= 4 is 27.7 Å². The van der Waals surface area contributed by atoms with E-state index in [-0.39, 0.29) is 0 Å². The number of anilines is 2. The Morgan fingerprint density at radius 2 is 1.81 bits per heavy atom. The molecule has 110 valence electrons. The summed E-state index contributed by atoms with van der Waals surface area (Å²) in [7, 11) is 1.61. The van der Waals surface area contributed by atoms with Gasteiger partial charge in [0, 0.05) is 49.1 Å². The average Bonchev–Trinajstić information content (AvgIpc) is 2.56. The number of ether oxygens (including phenoxy) is 1. The van der Waals surface area contributed by atoms with Crippen molar-refractivity contribution in [1.29, 1.82) is 0 Å². The van der Waals surface area contributed by atoms with Crippen LogP contribution in [0.15, 0.2) is 35.1 Å². The fourth-order valence-electron chi connectivity index (χ4n) is 2.29. The molecule has 7 heteroatoms. The van der Waals surface area contributed by atoms with Crippen molar-refractivity contribution in [2.24, 2.45) is 0 Å². The van der Waals surface area contributed by atoms with Crippen LogP contribution in [0, 0.1) is 0 Å². The van der Waals surface area contributed by atoms with Gasteiger partial charge in [0.1, 0.15) is 5.82 Å². The van der Waals surface area contributed by atoms with Gasteiger partial charge < -0.3 is 14.5 Å². The zero-order valence-corrected chi connectivity index (χ0v) is 13.3. The van der Waals surface area contributed by atoms with Crippen molar-refractivity contribution in [2.75, 3.05) is 43.1 Å². The molecule has 0 spiro atoms. The molecule has 2 aromatic heterocycles. The van der Waals surface area contributed by atoms with Crippen LogP contribution in [-0.4, -0.2) is 48.2 Å². The van der Waals surface area contributed by atoms with Crippen LogP contribution < -0.4 is 14.5 Å². The predicted octanol–water partition coefficient (Wildman–Crippen LogP) is 1.97. The van der Waals surface area contributed by atoms with Gasteiger partial charge in [0.25, 0.3) is 0 Å². The predicted molar refractivity (Wildman–Crippen MR) is 84.9 cm³/mol. The van der Waals surface area contributed by atoms with Gasteiger partial charge in [0.15, 0.2) is 0 Å². The maximum absolute atomic E-state index is 5.14. The number of halogens is 1. The Morgan fingerprint density at radius 1 is 1.05 bits per heavy atom. The standard InChI is InChI=1S/C14H16BrN5O/c1-21-13-4-5-16-14(18-13)20-8-6-19(7-9-20)12-3-2-11(15)10-17-12/h2-5,10H,6-9H2,1H3. The first-order valence-electron chi connectivity index (χ1n) is 6.75. The van der Waals surface area contributed by atoms with Crippen molar-refractivity contribution in [3.8, 4) is 5.88 Å². The zero-order chi connectivity index (χ0) is 14.7. The number of hydrogen-bond acceptors (Lipinski definition) is 6. The molecular formula is C14H16BrN5O. The van der Waals surface area contributed by atoms with E-state index in [9.17, 15) is 0 Å². The molecule has 1 saturated heterocycles. The van der Waals surface area contributed by atoms with Gasteiger partial charge in [-0.15, -0.1) is 0 Å². The van der Waals surface area contributed by atoms with Gasteiger partial charge in [0.05, 0.1) is 7.11 Å². The summed E-state index contributed by atoms with van der Waals surface area (Å²) in [5.41, 5.74) is 0. The monoisotopic (exact) mass is 349 g/mol. The van der Waals surface area contributed by atoms with Crippen molar-refractivity contribution in [3.63, 3.8) is 0 Å². The number of pyridine rings is 1. The molecule has 0 atom stereocenters.